The first-order valence-corrected chi connectivity index (χ1v) is 7.95. The number of hydrogen-bond donors (Lipinski definition) is 0. The molecule has 0 aliphatic carbocycles. The molecule has 2 heterocycles. The van der Waals surface area contributed by atoms with Gasteiger partial charge in [0.05, 0.1) is 14.2 Å². The summed E-state index contributed by atoms with van der Waals surface area (Å²) in [6.07, 6.45) is 3.54. The molecule has 0 saturated carbocycles. The third-order valence-corrected chi connectivity index (χ3v) is 4.15. The number of benzene rings is 1. The SMILES string of the molecule is COc1cc(CSc2ccc(-n3cccn3)nn2)cc(OC)c1. The summed E-state index contributed by atoms with van der Waals surface area (Å²) >= 11 is 1.60. The predicted octanol–water partition coefficient (Wildman–Crippen LogP) is 2.97. The highest BCUT2D eigenvalue weighted by Gasteiger charge is 2.05. The van der Waals surface area contributed by atoms with Crippen LogP contribution in [0.25, 0.3) is 5.82 Å². The summed E-state index contributed by atoms with van der Waals surface area (Å²) in [4.78, 5) is 0. The second-order valence-electron chi connectivity index (χ2n) is 4.69. The van der Waals surface area contributed by atoms with E-state index in [9.17, 15) is 0 Å². The maximum atomic E-state index is 5.28. The number of hydrogen-bond acceptors (Lipinski definition) is 6. The van der Waals surface area contributed by atoms with Crippen LogP contribution in [0, 0.1) is 0 Å². The van der Waals surface area contributed by atoms with Gasteiger partial charge in [-0.05, 0) is 35.9 Å². The molecule has 23 heavy (non-hydrogen) atoms. The third-order valence-electron chi connectivity index (χ3n) is 3.16. The van der Waals surface area contributed by atoms with Crippen molar-refractivity contribution in [2.45, 2.75) is 10.8 Å². The topological polar surface area (TPSA) is 62.1 Å². The summed E-state index contributed by atoms with van der Waals surface area (Å²) in [5, 5.41) is 13.4. The van der Waals surface area contributed by atoms with Gasteiger partial charge in [-0.1, -0.05) is 11.8 Å². The van der Waals surface area contributed by atoms with Gasteiger partial charge >= 0.3 is 0 Å². The summed E-state index contributed by atoms with van der Waals surface area (Å²) in [7, 11) is 3.29. The van der Waals surface area contributed by atoms with E-state index in [4.69, 9.17) is 9.47 Å². The molecule has 0 N–H and O–H groups in total. The average molecular weight is 328 g/mol. The van der Waals surface area contributed by atoms with E-state index < -0.39 is 0 Å². The molecule has 6 nitrogen and oxygen atoms in total. The van der Waals surface area contributed by atoms with Crippen molar-refractivity contribution >= 4 is 11.8 Å². The lowest BCUT2D eigenvalue weighted by atomic mass is 10.2. The van der Waals surface area contributed by atoms with Crippen LogP contribution in [0.3, 0.4) is 0 Å². The van der Waals surface area contributed by atoms with Gasteiger partial charge in [0.1, 0.15) is 16.5 Å². The average Bonchev–Trinajstić information content (AvgIpc) is 3.14. The first-order valence-electron chi connectivity index (χ1n) is 6.97. The van der Waals surface area contributed by atoms with Crippen LogP contribution >= 0.6 is 11.8 Å². The molecule has 2 aromatic heterocycles. The maximum Gasteiger partial charge on any atom is 0.175 e. The molecule has 3 aromatic rings. The van der Waals surface area contributed by atoms with Crippen molar-refractivity contribution in [3.8, 4) is 17.3 Å². The van der Waals surface area contributed by atoms with Crippen LogP contribution < -0.4 is 9.47 Å². The second-order valence-corrected chi connectivity index (χ2v) is 5.69. The molecular formula is C16H16N4O2S. The van der Waals surface area contributed by atoms with Crippen molar-refractivity contribution < 1.29 is 9.47 Å². The smallest absolute Gasteiger partial charge is 0.175 e. The fourth-order valence-electron chi connectivity index (χ4n) is 2.02. The largest absolute Gasteiger partial charge is 0.497 e. The van der Waals surface area contributed by atoms with Crippen LogP contribution in [0.1, 0.15) is 5.56 Å². The standard InChI is InChI=1S/C16H16N4O2S/c1-21-13-8-12(9-14(10-13)22-2)11-23-16-5-4-15(18-19-16)20-7-3-6-17-20/h3-10H,11H2,1-2H3. The molecule has 0 saturated heterocycles. The Labute approximate surface area is 138 Å². The Hall–Kier alpha value is -2.54. The summed E-state index contributed by atoms with van der Waals surface area (Å²) in [6, 6.07) is 11.5. The van der Waals surface area contributed by atoms with Crippen LogP contribution in [0.4, 0.5) is 0 Å². The minimum Gasteiger partial charge on any atom is -0.497 e. The van der Waals surface area contributed by atoms with E-state index in [1.54, 1.807) is 36.9 Å². The first kappa shape index (κ1) is 15.4. The Morgan fingerprint density at radius 3 is 2.39 bits per heavy atom. The minimum absolute atomic E-state index is 0.697. The summed E-state index contributed by atoms with van der Waals surface area (Å²) in [6.45, 7) is 0. The summed E-state index contributed by atoms with van der Waals surface area (Å²) < 4.78 is 12.2. The zero-order valence-electron chi connectivity index (χ0n) is 12.8. The van der Waals surface area contributed by atoms with Crippen molar-refractivity contribution in [2.75, 3.05) is 14.2 Å². The Balaban J connectivity index is 1.68. The lowest BCUT2D eigenvalue weighted by Gasteiger charge is -2.08. The Morgan fingerprint density at radius 1 is 1.04 bits per heavy atom. The molecule has 0 spiro atoms. The predicted molar refractivity (Wildman–Crippen MR) is 88.3 cm³/mol. The van der Waals surface area contributed by atoms with Gasteiger partial charge < -0.3 is 9.47 Å². The van der Waals surface area contributed by atoms with Gasteiger partial charge in [0, 0.05) is 24.2 Å². The van der Waals surface area contributed by atoms with Gasteiger partial charge in [0.25, 0.3) is 0 Å². The van der Waals surface area contributed by atoms with Crippen molar-refractivity contribution in [1.29, 1.82) is 0 Å². The third kappa shape index (κ3) is 3.81. The van der Waals surface area contributed by atoms with Gasteiger partial charge in [-0.2, -0.15) is 5.10 Å². The van der Waals surface area contributed by atoms with E-state index in [0.29, 0.717) is 5.82 Å². The van der Waals surface area contributed by atoms with Crippen molar-refractivity contribution in [1.82, 2.24) is 20.0 Å². The van der Waals surface area contributed by atoms with E-state index in [1.807, 2.05) is 42.6 Å². The van der Waals surface area contributed by atoms with E-state index in [2.05, 4.69) is 15.3 Å². The summed E-state index contributed by atoms with van der Waals surface area (Å²) in [5.41, 5.74) is 1.10. The highest BCUT2D eigenvalue weighted by Crippen LogP contribution is 2.27. The number of methoxy groups -OCH3 is 2. The van der Waals surface area contributed by atoms with E-state index in [1.165, 1.54) is 0 Å². The van der Waals surface area contributed by atoms with Gasteiger partial charge in [-0.25, -0.2) is 4.68 Å². The lowest BCUT2D eigenvalue weighted by molar-refractivity contribution is 0.393. The van der Waals surface area contributed by atoms with Crippen molar-refractivity contribution in [3.05, 3.63) is 54.4 Å². The lowest BCUT2D eigenvalue weighted by Crippen LogP contribution is -1.99. The van der Waals surface area contributed by atoms with Crippen molar-refractivity contribution in [3.63, 3.8) is 0 Å². The van der Waals surface area contributed by atoms with E-state index in [-0.39, 0.29) is 0 Å². The number of nitrogens with zero attached hydrogens (tertiary/aromatic N) is 4. The number of aromatic nitrogens is 4. The highest BCUT2D eigenvalue weighted by atomic mass is 32.2. The summed E-state index contributed by atoms with van der Waals surface area (Å²) in [5.74, 6) is 3.01. The zero-order valence-corrected chi connectivity index (χ0v) is 13.7. The van der Waals surface area contributed by atoms with E-state index >= 15 is 0 Å². The molecule has 7 heteroatoms. The molecule has 0 radical (unpaired) electrons. The van der Waals surface area contributed by atoms with Crippen LogP contribution in [0.15, 0.2) is 53.8 Å². The maximum absolute atomic E-state index is 5.28. The van der Waals surface area contributed by atoms with Gasteiger partial charge in [-0.15, -0.1) is 10.2 Å². The highest BCUT2D eigenvalue weighted by molar-refractivity contribution is 7.98. The van der Waals surface area contributed by atoms with Crippen LogP contribution in [0.5, 0.6) is 11.5 Å². The Morgan fingerprint density at radius 2 is 1.83 bits per heavy atom. The Bertz CT molecular complexity index is 738. The first-order chi connectivity index (χ1) is 11.3. The minimum atomic E-state index is 0.697. The molecule has 0 bridgehead atoms. The molecule has 0 unspecified atom stereocenters. The molecule has 0 aliphatic rings. The normalized spacial score (nSPS) is 10.5. The van der Waals surface area contributed by atoms with Gasteiger partial charge in [0.2, 0.25) is 0 Å². The molecule has 1 aromatic carbocycles. The number of ether oxygens (including phenoxy) is 2. The molecule has 118 valence electrons. The van der Waals surface area contributed by atoms with Crippen molar-refractivity contribution in [2.24, 2.45) is 0 Å². The monoisotopic (exact) mass is 328 g/mol. The fourth-order valence-corrected chi connectivity index (χ4v) is 2.77. The molecular weight excluding hydrogens is 312 g/mol. The molecule has 0 fully saturated rings. The molecule has 0 aliphatic heterocycles. The number of rotatable bonds is 6. The van der Waals surface area contributed by atoms with Crippen LogP contribution in [-0.2, 0) is 5.75 Å². The Kier molecular flexibility index (Phi) is 4.77. The van der Waals surface area contributed by atoms with Gasteiger partial charge in [-0.3, -0.25) is 0 Å². The van der Waals surface area contributed by atoms with Crippen LogP contribution in [0.2, 0.25) is 0 Å². The second kappa shape index (κ2) is 7.15. The quantitative estimate of drug-likeness (QED) is 0.648. The molecule has 0 atom stereocenters. The molecule has 0 amide bonds. The fraction of sp³-hybridized carbons (Fsp3) is 0.188. The molecule has 3 rings (SSSR count). The van der Waals surface area contributed by atoms with E-state index in [0.717, 1.165) is 27.8 Å². The number of thioether (sulfide) groups is 1. The van der Waals surface area contributed by atoms with Gasteiger partial charge in [0.15, 0.2) is 5.82 Å². The van der Waals surface area contributed by atoms with Crippen LogP contribution in [-0.4, -0.2) is 34.2 Å². The zero-order chi connectivity index (χ0) is 16.1.